The second-order valence-corrected chi connectivity index (χ2v) is 8.83. The van der Waals surface area contributed by atoms with E-state index in [9.17, 15) is 18.3 Å². The predicted molar refractivity (Wildman–Crippen MR) is 86.2 cm³/mol. The molecule has 0 radical (unpaired) electrons. The number of rotatable bonds is 6. The number of likely N-dealkylation sites (tertiary alicyclic amines) is 1. The van der Waals surface area contributed by atoms with Crippen LogP contribution < -0.4 is 0 Å². The Hall–Kier alpha value is -0.960. The van der Waals surface area contributed by atoms with Gasteiger partial charge in [0.05, 0.1) is 11.9 Å². The number of aliphatic hydroxyl groups is 1. The van der Waals surface area contributed by atoms with Gasteiger partial charge in [-0.25, -0.2) is 12.7 Å². The fourth-order valence-electron chi connectivity index (χ4n) is 2.49. The zero-order chi connectivity index (χ0) is 16.3. The first-order chi connectivity index (χ1) is 10.3. The van der Waals surface area contributed by atoms with Gasteiger partial charge in [-0.3, -0.25) is 4.79 Å². The van der Waals surface area contributed by atoms with Crippen molar-refractivity contribution in [1.82, 2.24) is 9.21 Å². The van der Waals surface area contributed by atoms with E-state index in [1.54, 1.807) is 16.2 Å². The third-order valence-corrected chi connectivity index (χ3v) is 6.64. The van der Waals surface area contributed by atoms with Crippen LogP contribution in [0.2, 0.25) is 0 Å². The average Bonchev–Trinajstić information content (AvgIpc) is 3.06. The molecule has 0 spiro atoms. The summed E-state index contributed by atoms with van der Waals surface area (Å²) in [5, 5.41) is 14.0. The van der Waals surface area contributed by atoms with Crippen LogP contribution in [-0.2, 0) is 21.2 Å². The van der Waals surface area contributed by atoms with Crippen LogP contribution in [0.4, 0.5) is 0 Å². The maximum Gasteiger partial charge on any atom is 0.223 e. The molecule has 1 amide bonds. The lowest BCUT2D eigenvalue weighted by molar-refractivity contribution is -0.130. The minimum absolute atomic E-state index is 0.0324. The van der Waals surface area contributed by atoms with Crippen LogP contribution >= 0.6 is 11.3 Å². The quantitative estimate of drug-likeness (QED) is 0.808. The minimum Gasteiger partial charge on any atom is -0.391 e. The van der Waals surface area contributed by atoms with Crippen molar-refractivity contribution < 1.29 is 18.3 Å². The highest BCUT2D eigenvalue weighted by molar-refractivity contribution is 7.89. The molecule has 6 nitrogen and oxygen atoms in total. The van der Waals surface area contributed by atoms with Crippen molar-refractivity contribution in [2.75, 3.05) is 32.9 Å². The van der Waals surface area contributed by atoms with Crippen molar-refractivity contribution in [3.8, 4) is 0 Å². The Bertz CT molecular complexity index is 598. The molecular weight excluding hydrogens is 324 g/mol. The van der Waals surface area contributed by atoms with Crippen LogP contribution in [0.15, 0.2) is 16.8 Å². The van der Waals surface area contributed by atoms with Crippen LogP contribution in [0.1, 0.15) is 12.0 Å². The molecular formula is C14H22N2O4S2. The van der Waals surface area contributed by atoms with Gasteiger partial charge in [0.1, 0.15) is 0 Å². The average molecular weight is 346 g/mol. The summed E-state index contributed by atoms with van der Waals surface area (Å²) in [6, 6.07) is 1.99. The van der Waals surface area contributed by atoms with Crippen molar-refractivity contribution in [3.63, 3.8) is 0 Å². The summed E-state index contributed by atoms with van der Waals surface area (Å²) >= 11 is 1.60. The highest BCUT2D eigenvalue weighted by atomic mass is 32.2. The van der Waals surface area contributed by atoms with Crippen molar-refractivity contribution in [3.05, 3.63) is 22.4 Å². The number of carbonyl (C=O) groups excluding carboxylic acids is 1. The maximum absolute atomic E-state index is 12.2. The molecule has 0 aliphatic carbocycles. The molecule has 1 aliphatic rings. The maximum atomic E-state index is 12.2. The number of hydrogen-bond donors (Lipinski definition) is 1. The van der Waals surface area contributed by atoms with Gasteiger partial charge in [-0.05, 0) is 28.8 Å². The van der Waals surface area contributed by atoms with E-state index in [1.807, 2.05) is 16.8 Å². The molecule has 1 N–H and O–H groups in total. The van der Waals surface area contributed by atoms with Gasteiger partial charge >= 0.3 is 0 Å². The standard InChI is InChI=1S/C14H22N2O4S2/c1-15(2)22(19,20)10-12-7-16(8-13(12)17)14(18)4-3-11-5-6-21-9-11/h5-6,9,12-13,17H,3-4,7-8,10H2,1-2H3/t12-,13-/m0/s1. The molecule has 1 aromatic heterocycles. The number of nitrogens with zero attached hydrogens (tertiary/aromatic N) is 2. The minimum atomic E-state index is -3.37. The number of amides is 1. The highest BCUT2D eigenvalue weighted by Gasteiger charge is 2.37. The second kappa shape index (κ2) is 7.08. The Morgan fingerprint density at radius 2 is 2.18 bits per heavy atom. The fourth-order valence-corrected chi connectivity index (χ4v) is 4.36. The second-order valence-electron chi connectivity index (χ2n) is 5.82. The highest BCUT2D eigenvalue weighted by Crippen LogP contribution is 2.21. The van der Waals surface area contributed by atoms with E-state index in [0.29, 0.717) is 19.4 Å². The van der Waals surface area contributed by atoms with Crippen molar-refractivity contribution in [1.29, 1.82) is 0 Å². The molecule has 1 aromatic rings. The van der Waals surface area contributed by atoms with Gasteiger partial charge in [-0.2, -0.15) is 11.3 Å². The molecule has 1 fully saturated rings. The summed E-state index contributed by atoms with van der Waals surface area (Å²) in [6.45, 7) is 0.521. The molecule has 0 saturated carbocycles. The Morgan fingerprint density at radius 3 is 2.77 bits per heavy atom. The summed E-state index contributed by atoms with van der Waals surface area (Å²) < 4.78 is 25.0. The molecule has 0 unspecified atom stereocenters. The van der Waals surface area contributed by atoms with Gasteiger partial charge in [0.25, 0.3) is 0 Å². The molecule has 0 aromatic carbocycles. The summed E-state index contributed by atoms with van der Waals surface area (Å²) in [7, 11) is -0.429. The van der Waals surface area contributed by atoms with Crippen molar-refractivity contribution in [2.45, 2.75) is 18.9 Å². The van der Waals surface area contributed by atoms with Crippen LogP contribution in [0.3, 0.4) is 0 Å². The van der Waals surface area contributed by atoms with Crippen LogP contribution in [0.25, 0.3) is 0 Å². The van der Waals surface area contributed by atoms with Gasteiger partial charge < -0.3 is 10.0 Å². The lowest BCUT2D eigenvalue weighted by Gasteiger charge is -2.18. The van der Waals surface area contributed by atoms with E-state index in [4.69, 9.17) is 0 Å². The normalized spacial score (nSPS) is 22.5. The lowest BCUT2D eigenvalue weighted by Crippen LogP contribution is -2.33. The van der Waals surface area contributed by atoms with E-state index < -0.39 is 22.0 Å². The lowest BCUT2D eigenvalue weighted by atomic mass is 10.1. The molecule has 1 saturated heterocycles. The fraction of sp³-hybridized carbons (Fsp3) is 0.643. The Balaban J connectivity index is 1.88. The number of β-amino-alcohol motifs (C(OH)–C–C–N with tert-alkyl or cyclic N) is 1. The number of sulfonamides is 1. The number of thiophene rings is 1. The number of aliphatic hydroxyl groups excluding tert-OH is 1. The van der Waals surface area contributed by atoms with Crippen LogP contribution in [0, 0.1) is 5.92 Å². The molecule has 8 heteroatoms. The molecule has 0 bridgehead atoms. The molecule has 124 valence electrons. The summed E-state index contributed by atoms with van der Waals surface area (Å²) in [4.78, 5) is 13.8. The molecule has 2 atom stereocenters. The summed E-state index contributed by atoms with van der Waals surface area (Å²) in [5.41, 5.74) is 1.13. The smallest absolute Gasteiger partial charge is 0.223 e. The predicted octanol–water partition coefficient (Wildman–Crippen LogP) is 0.391. The zero-order valence-electron chi connectivity index (χ0n) is 12.8. The van der Waals surface area contributed by atoms with Gasteiger partial charge in [-0.1, -0.05) is 0 Å². The van der Waals surface area contributed by atoms with Crippen molar-refractivity contribution in [2.24, 2.45) is 5.92 Å². The Labute approximate surface area is 135 Å². The first-order valence-electron chi connectivity index (χ1n) is 7.16. The van der Waals surface area contributed by atoms with Crippen LogP contribution in [0.5, 0.6) is 0 Å². The van der Waals surface area contributed by atoms with Gasteiger partial charge in [0.2, 0.25) is 15.9 Å². The van der Waals surface area contributed by atoms with E-state index in [-0.39, 0.29) is 18.2 Å². The molecule has 2 rings (SSSR count). The third-order valence-electron chi connectivity index (χ3n) is 3.95. The summed E-state index contributed by atoms with van der Waals surface area (Å²) in [6.07, 6.45) is 0.284. The van der Waals surface area contributed by atoms with E-state index in [0.717, 1.165) is 9.87 Å². The van der Waals surface area contributed by atoms with E-state index >= 15 is 0 Å². The Kier molecular flexibility index (Phi) is 5.60. The Morgan fingerprint density at radius 1 is 1.45 bits per heavy atom. The number of carbonyl (C=O) groups is 1. The SMILES string of the molecule is CN(C)S(=O)(=O)C[C@@H]1CN(C(=O)CCc2ccsc2)C[C@@H]1O. The van der Waals surface area contributed by atoms with E-state index in [2.05, 4.69) is 0 Å². The third kappa shape index (κ3) is 4.28. The van der Waals surface area contributed by atoms with Gasteiger partial charge in [-0.15, -0.1) is 0 Å². The molecule has 1 aliphatic heterocycles. The van der Waals surface area contributed by atoms with Gasteiger partial charge in [0, 0.05) is 39.5 Å². The topological polar surface area (TPSA) is 77.9 Å². The summed E-state index contributed by atoms with van der Waals surface area (Å²) in [5.74, 6) is -0.581. The number of aryl methyl sites for hydroxylation is 1. The van der Waals surface area contributed by atoms with Crippen LogP contribution in [-0.4, -0.2) is 67.7 Å². The first-order valence-corrected chi connectivity index (χ1v) is 9.72. The first kappa shape index (κ1) is 17.4. The number of hydrogen-bond acceptors (Lipinski definition) is 5. The molecule has 2 heterocycles. The zero-order valence-corrected chi connectivity index (χ0v) is 14.4. The largest absolute Gasteiger partial charge is 0.391 e. The monoisotopic (exact) mass is 346 g/mol. The molecule has 22 heavy (non-hydrogen) atoms. The van der Waals surface area contributed by atoms with E-state index in [1.165, 1.54) is 14.1 Å². The van der Waals surface area contributed by atoms with Crippen molar-refractivity contribution >= 4 is 27.3 Å². The van der Waals surface area contributed by atoms with Gasteiger partial charge in [0.15, 0.2) is 0 Å².